The summed E-state index contributed by atoms with van der Waals surface area (Å²) in [5.41, 5.74) is 0.942. The van der Waals surface area contributed by atoms with Crippen molar-refractivity contribution >= 4 is 17.4 Å². The normalized spacial score (nSPS) is 11.6. The fourth-order valence-electron chi connectivity index (χ4n) is 0.995. The Kier molecular flexibility index (Phi) is 3.77. The van der Waals surface area contributed by atoms with Crippen LogP contribution in [-0.4, -0.2) is 19.5 Å². The molecule has 0 aromatic heterocycles. The molecule has 0 fully saturated rings. The van der Waals surface area contributed by atoms with Crippen LogP contribution in [0.4, 0.5) is 0 Å². The third-order valence-electron chi connectivity index (χ3n) is 1.72. The fraction of sp³-hybridized carbons (Fsp3) is 0.333. The van der Waals surface area contributed by atoms with Gasteiger partial charge in [0.1, 0.15) is 0 Å². The third kappa shape index (κ3) is 3.20. The minimum atomic E-state index is -4.30. The summed E-state index contributed by atoms with van der Waals surface area (Å²) in [6, 6.07) is 6.43. The molecule has 14 heavy (non-hydrogen) atoms. The Labute approximate surface area is 84.9 Å². The van der Waals surface area contributed by atoms with Gasteiger partial charge in [-0.2, -0.15) is 0 Å². The van der Waals surface area contributed by atoms with E-state index in [1.165, 1.54) is 12.1 Å². The summed E-state index contributed by atoms with van der Waals surface area (Å²) in [7, 11) is 0. The summed E-state index contributed by atoms with van der Waals surface area (Å²) in [6.07, 6.45) is 0. The average Bonchev–Trinajstić information content (AvgIpc) is 2.14. The Morgan fingerprint density at radius 1 is 1.29 bits per heavy atom. The summed E-state index contributed by atoms with van der Waals surface area (Å²) in [6.45, 7) is 3.04. The molecule has 2 N–H and O–H groups in total. The molecule has 0 atom stereocenters. The SMILES string of the molecule is CCOCc1ccc([Se](N)(=O)=O)cc1. The van der Waals surface area contributed by atoms with Crippen molar-refractivity contribution in [3.63, 3.8) is 0 Å². The number of ether oxygens (including phenoxy) is 1. The molecule has 0 saturated heterocycles. The van der Waals surface area contributed by atoms with Crippen LogP contribution in [-0.2, 0) is 19.0 Å². The first kappa shape index (κ1) is 11.3. The molecule has 4 nitrogen and oxygen atoms in total. The van der Waals surface area contributed by atoms with Gasteiger partial charge in [0.15, 0.2) is 0 Å². The maximum absolute atomic E-state index is 11.0. The van der Waals surface area contributed by atoms with Gasteiger partial charge in [0.2, 0.25) is 0 Å². The van der Waals surface area contributed by atoms with Gasteiger partial charge in [0.05, 0.1) is 0 Å². The fourth-order valence-corrected chi connectivity index (χ4v) is 2.08. The second-order valence-electron chi connectivity index (χ2n) is 2.83. The molecule has 0 unspecified atom stereocenters. The standard InChI is InChI=1S/C9H13NO3Se/c1-2-13-7-8-3-5-9(6-4-8)14(10,11)12/h3-6H,2,7H2,1H3,(H2,10,11,12). The van der Waals surface area contributed by atoms with Crippen molar-refractivity contribution in [2.45, 2.75) is 13.5 Å². The van der Waals surface area contributed by atoms with Gasteiger partial charge >= 0.3 is 84.5 Å². The molecular weight excluding hydrogens is 249 g/mol. The van der Waals surface area contributed by atoms with Crippen molar-refractivity contribution in [1.82, 2.24) is 0 Å². The molecule has 0 radical (unpaired) electrons. The maximum atomic E-state index is 11.0. The summed E-state index contributed by atoms with van der Waals surface area (Å²) in [4.78, 5) is 0. The quantitative estimate of drug-likeness (QED) is 0.786. The van der Waals surface area contributed by atoms with E-state index >= 15 is 0 Å². The first-order valence-electron chi connectivity index (χ1n) is 4.23. The van der Waals surface area contributed by atoms with Crippen LogP contribution in [0.15, 0.2) is 24.3 Å². The van der Waals surface area contributed by atoms with Gasteiger partial charge < -0.3 is 0 Å². The summed E-state index contributed by atoms with van der Waals surface area (Å²) in [5.74, 6) is 0. The average molecular weight is 262 g/mol. The van der Waals surface area contributed by atoms with E-state index in [9.17, 15) is 7.67 Å². The molecule has 0 spiro atoms. The van der Waals surface area contributed by atoms with Crippen molar-refractivity contribution in [1.29, 1.82) is 0 Å². The van der Waals surface area contributed by atoms with E-state index in [2.05, 4.69) is 0 Å². The molecular formula is C9H13NO3Se. The Bertz CT molecular complexity index is 383. The van der Waals surface area contributed by atoms with Crippen LogP contribution in [0.1, 0.15) is 12.5 Å². The van der Waals surface area contributed by atoms with Crippen LogP contribution in [0.5, 0.6) is 0 Å². The Morgan fingerprint density at radius 3 is 2.29 bits per heavy atom. The van der Waals surface area contributed by atoms with Crippen LogP contribution in [0.25, 0.3) is 0 Å². The van der Waals surface area contributed by atoms with E-state index in [0.717, 1.165) is 5.56 Å². The van der Waals surface area contributed by atoms with Gasteiger partial charge in [0, 0.05) is 0 Å². The zero-order chi connectivity index (χ0) is 10.6. The number of benzene rings is 1. The van der Waals surface area contributed by atoms with Gasteiger partial charge in [-0.15, -0.1) is 0 Å². The van der Waals surface area contributed by atoms with Gasteiger partial charge in [-0.1, -0.05) is 0 Å². The summed E-state index contributed by atoms with van der Waals surface area (Å²) < 4.78 is 32.3. The second kappa shape index (κ2) is 4.66. The number of rotatable bonds is 4. The molecule has 5 heteroatoms. The molecule has 0 heterocycles. The number of hydrogen-bond acceptors (Lipinski definition) is 3. The van der Waals surface area contributed by atoms with Crippen LogP contribution in [0.3, 0.4) is 0 Å². The van der Waals surface area contributed by atoms with Crippen molar-refractivity contribution in [3.8, 4) is 0 Å². The predicted octanol–water partition coefficient (Wildman–Crippen LogP) is 0.189. The zero-order valence-electron chi connectivity index (χ0n) is 7.93. The van der Waals surface area contributed by atoms with Crippen molar-refractivity contribution < 1.29 is 12.4 Å². The van der Waals surface area contributed by atoms with Crippen molar-refractivity contribution in [2.24, 2.45) is 4.75 Å². The molecule has 0 amide bonds. The van der Waals surface area contributed by atoms with E-state index in [1.807, 2.05) is 6.92 Å². The summed E-state index contributed by atoms with van der Waals surface area (Å²) >= 11 is -4.30. The summed E-state index contributed by atoms with van der Waals surface area (Å²) in [5, 5.41) is 0. The third-order valence-corrected chi connectivity index (χ3v) is 3.67. The van der Waals surface area contributed by atoms with E-state index in [4.69, 9.17) is 9.49 Å². The number of hydrogen-bond donors (Lipinski definition) is 1. The Balaban J connectivity index is 2.79. The van der Waals surface area contributed by atoms with E-state index < -0.39 is 12.9 Å². The molecule has 0 bridgehead atoms. The Hall–Kier alpha value is -0.741. The van der Waals surface area contributed by atoms with Gasteiger partial charge in [-0.05, 0) is 0 Å². The van der Waals surface area contributed by atoms with Gasteiger partial charge in [-0.25, -0.2) is 0 Å². The first-order chi connectivity index (χ1) is 6.54. The molecule has 1 aromatic rings. The van der Waals surface area contributed by atoms with E-state index in [-0.39, 0.29) is 4.46 Å². The molecule has 0 saturated carbocycles. The van der Waals surface area contributed by atoms with E-state index in [0.29, 0.717) is 13.2 Å². The monoisotopic (exact) mass is 263 g/mol. The molecule has 1 aromatic carbocycles. The van der Waals surface area contributed by atoms with Gasteiger partial charge in [0.25, 0.3) is 0 Å². The van der Waals surface area contributed by atoms with Crippen molar-refractivity contribution in [3.05, 3.63) is 29.8 Å². The second-order valence-corrected chi connectivity index (χ2v) is 6.10. The minimum absolute atomic E-state index is 0.196. The predicted molar refractivity (Wildman–Crippen MR) is 52.7 cm³/mol. The Morgan fingerprint density at radius 2 is 1.86 bits per heavy atom. The van der Waals surface area contributed by atoms with Crippen LogP contribution >= 0.6 is 0 Å². The molecule has 0 aliphatic carbocycles. The molecule has 0 aliphatic rings. The van der Waals surface area contributed by atoms with Crippen LogP contribution in [0.2, 0.25) is 0 Å². The molecule has 0 aliphatic heterocycles. The molecule has 1 rings (SSSR count). The number of nitrogens with two attached hydrogens (primary N) is 1. The van der Waals surface area contributed by atoms with Crippen LogP contribution in [0, 0.1) is 0 Å². The topological polar surface area (TPSA) is 69.4 Å². The zero-order valence-corrected chi connectivity index (χ0v) is 9.65. The van der Waals surface area contributed by atoms with Crippen LogP contribution < -0.4 is 9.21 Å². The first-order valence-corrected chi connectivity index (χ1v) is 7.48. The molecule has 78 valence electrons. The van der Waals surface area contributed by atoms with Crippen molar-refractivity contribution in [2.75, 3.05) is 6.61 Å². The van der Waals surface area contributed by atoms with Gasteiger partial charge in [-0.3, -0.25) is 0 Å². The van der Waals surface area contributed by atoms with E-state index in [1.54, 1.807) is 12.1 Å².